The molecular weight excluding hydrogens is 398 g/mol. The van der Waals surface area contributed by atoms with Crippen LogP contribution in [0.25, 0.3) is 11.0 Å². The number of hydrogen-bond donors (Lipinski definition) is 1. The maximum Gasteiger partial charge on any atom is 0.339 e. The van der Waals surface area contributed by atoms with Crippen molar-refractivity contribution < 1.29 is 18.7 Å². The molecular formula is C23H31N3O5. The molecule has 0 atom stereocenters. The van der Waals surface area contributed by atoms with Crippen molar-refractivity contribution in [3.8, 4) is 5.75 Å². The largest absolute Gasteiger partial charge is 0.497 e. The average Bonchev–Trinajstić information content (AvgIpc) is 2.77. The fourth-order valence-corrected chi connectivity index (χ4v) is 3.86. The van der Waals surface area contributed by atoms with E-state index in [0.29, 0.717) is 62.6 Å². The topological polar surface area (TPSA) is 92.1 Å². The minimum atomic E-state index is -0.408. The van der Waals surface area contributed by atoms with Gasteiger partial charge in [-0.2, -0.15) is 0 Å². The quantitative estimate of drug-likeness (QED) is 0.643. The van der Waals surface area contributed by atoms with Gasteiger partial charge in [0.05, 0.1) is 13.7 Å². The summed E-state index contributed by atoms with van der Waals surface area (Å²) in [5.74, 6) is 0.668. The molecule has 1 fully saturated rings. The number of carbonyl (C=O) groups excluding carboxylic acids is 2. The summed E-state index contributed by atoms with van der Waals surface area (Å²) in [6.45, 7) is 7.47. The van der Waals surface area contributed by atoms with Crippen molar-refractivity contribution in [2.24, 2.45) is 0 Å². The number of carbonyl (C=O) groups is 2. The van der Waals surface area contributed by atoms with Crippen LogP contribution in [0.2, 0.25) is 0 Å². The summed E-state index contributed by atoms with van der Waals surface area (Å²) in [6, 6.07) is 5.39. The molecule has 1 aliphatic rings. The molecule has 0 unspecified atom stereocenters. The van der Waals surface area contributed by atoms with Gasteiger partial charge in [0.25, 0.3) is 0 Å². The number of nitrogens with zero attached hydrogens (tertiary/aromatic N) is 2. The van der Waals surface area contributed by atoms with Gasteiger partial charge in [0, 0.05) is 56.2 Å². The summed E-state index contributed by atoms with van der Waals surface area (Å²) in [6.07, 6.45) is 1.51. The molecule has 2 aromatic rings. The molecule has 3 rings (SSSR count). The lowest BCUT2D eigenvalue weighted by Crippen LogP contribution is -2.51. The molecule has 2 heterocycles. The third-order valence-electron chi connectivity index (χ3n) is 5.75. The van der Waals surface area contributed by atoms with Crippen LogP contribution in [0.3, 0.4) is 0 Å². The van der Waals surface area contributed by atoms with E-state index in [9.17, 15) is 14.4 Å². The molecule has 0 saturated carbocycles. The predicted molar refractivity (Wildman–Crippen MR) is 118 cm³/mol. The number of aryl methyl sites for hydroxylation is 1. The van der Waals surface area contributed by atoms with Crippen LogP contribution in [0.4, 0.5) is 0 Å². The summed E-state index contributed by atoms with van der Waals surface area (Å²) in [7, 11) is 1.56. The second-order valence-corrected chi connectivity index (χ2v) is 7.86. The van der Waals surface area contributed by atoms with Crippen LogP contribution in [-0.2, 0) is 16.0 Å². The van der Waals surface area contributed by atoms with E-state index in [1.165, 1.54) is 0 Å². The Hall–Kier alpha value is -2.87. The number of methoxy groups -OCH3 is 1. The van der Waals surface area contributed by atoms with Gasteiger partial charge in [-0.05, 0) is 37.5 Å². The number of amides is 2. The van der Waals surface area contributed by atoms with Gasteiger partial charge < -0.3 is 19.4 Å². The van der Waals surface area contributed by atoms with Gasteiger partial charge >= 0.3 is 5.63 Å². The summed E-state index contributed by atoms with van der Waals surface area (Å²) < 4.78 is 10.7. The molecule has 0 spiro atoms. The van der Waals surface area contributed by atoms with Crippen molar-refractivity contribution in [2.75, 3.05) is 46.4 Å². The van der Waals surface area contributed by atoms with E-state index in [1.54, 1.807) is 13.2 Å². The Morgan fingerprint density at radius 2 is 1.94 bits per heavy atom. The van der Waals surface area contributed by atoms with Gasteiger partial charge in [-0.15, -0.1) is 0 Å². The van der Waals surface area contributed by atoms with E-state index >= 15 is 0 Å². The highest BCUT2D eigenvalue weighted by Crippen LogP contribution is 2.24. The number of fused-ring (bicyclic) bond motifs is 1. The lowest BCUT2D eigenvalue weighted by Gasteiger charge is -2.34. The molecule has 8 heteroatoms. The molecule has 168 valence electrons. The summed E-state index contributed by atoms with van der Waals surface area (Å²) in [5.41, 5.74) is 1.45. The lowest BCUT2D eigenvalue weighted by molar-refractivity contribution is -0.133. The first-order valence-corrected chi connectivity index (χ1v) is 10.8. The maximum atomic E-state index is 12.7. The van der Waals surface area contributed by atoms with Crippen molar-refractivity contribution in [1.29, 1.82) is 0 Å². The number of ether oxygens (including phenoxy) is 1. The maximum absolute atomic E-state index is 12.7. The smallest absolute Gasteiger partial charge is 0.339 e. The fraction of sp³-hybridized carbons (Fsp3) is 0.522. The highest BCUT2D eigenvalue weighted by atomic mass is 16.5. The Bertz CT molecular complexity index is 993. The second-order valence-electron chi connectivity index (χ2n) is 7.86. The van der Waals surface area contributed by atoms with Crippen molar-refractivity contribution in [3.05, 3.63) is 39.7 Å². The number of piperazine rings is 1. The zero-order valence-corrected chi connectivity index (χ0v) is 18.5. The third-order valence-corrected chi connectivity index (χ3v) is 5.75. The molecule has 0 radical (unpaired) electrons. The van der Waals surface area contributed by atoms with E-state index in [-0.39, 0.29) is 18.2 Å². The Kier molecular flexibility index (Phi) is 7.68. The van der Waals surface area contributed by atoms with Gasteiger partial charge in [0.15, 0.2) is 0 Å². The molecule has 1 aliphatic heterocycles. The standard InChI is InChI=1S/C23H31N3O5/c1-4-9-24-21(27)15-25-10-12-26(13-11-25)22(28)8-7-19-16(2)18-6-5-17(30-3)14-20(18)31-23(19)29/h5-6,14H,4,7-13,15H2,1-3H3,(H,24,27). The van der Waals surface area contributed by atoms with Gasteiger partial charge in [0.2, 0.25) is 11.8 Å². The van der Waals surface area contributed by atoms with E-state index in [1.807, 2.05) is 30.9 Å². The van der Waals surface area contributed by atoms with Gasteiger partial charge in [-0.25, -0.2) is 4.79 Å². The summed E-state index contributed by atoms with van der Waals surface area (Å²) >= 11 is 0. The first kappa shape index (κ1) is 22.8. The van der Waals surface area contributed by atoms with E-state index < -0.39 is 5.63 Å². The van der Waals surface area contributed by atoms with Crippen LogP contribution in [0.5, 0.6) is 5.75 Å². The summed E-state index contributed by atoms with van der Waals surface area (Å²) in [4.78, 5) is 40.9. The molecule has 2 amide bonds. The fourth-order valence-electron chi connectivity index (χ4n) is 3.86. The highest BCUT2D eigenvalue weighted by Gasteiger charge is 2.23. The zero-order chi connectivity index (χ0) is 22.4. The molecule has 31 heavy (non-hydrogen) atoms. The monoisotopic (exact) mass is 429 g/mol. The van der Waals surface area contributed by atoms with E-state index in [4.69, 9.17) is 9.15 Å². The molecule has 0 bridgehead atoms. The van der Waals surface area contributed by atoms with Crippen molar-refractivity contribution >= 4 is 22.8 Å². The van der Waals surface area contributed by atoms with Crippen molar-refractivity contribution in [2.45, 2.75) is 33.1 Å². The second kappa shape index (κ2) is 10.4. The van der Waals surface area contributed by atoms with Gasteiger partial charge in [-0.1, -0.05) is 6.92 Å². The van der Waals surface area contributed by atoms with Crippen LogP contribution < -0.4 is 15.7 Å². The molecule has 1 aromatic carbocycles. The molecule has 8 nitrogen and oxygen atoms in total. The van der Waals surface area contributed by atoms with Crippen LogP contribution in [-0.4, -0.2) is 68.0 Å². The Balaban J connectivity index is 1.56. The molecule has 1 N–H and O–H groups in total. The van der Waals surface area contributed by atoms with E-state index in [0.717, 1.165) is 17.4 Å². The van der Waals surface area contributed by atoms with Crippen LogP contribution >= 0.6 is 0 Å². The van der Waals surface area contributed by atoms with Crippen LogP contribution in [0.1, 0.15) is 30.9 Å². The van der Waals surface area contributed by atoms with Gasteiger partial charge in [0.1, 0.15) is 11.3 Å². The average molecular weight is 430 g/mol. The number of rotatable bonds is 8. The SMILES string of the molecule is CCCNC(=O)CN1CCN(C(=O)CCc2c(C)c3ccc(OC)cc3oc2=O)CC1. The zero-order valence-electron chi connectivity index (χ0n) is 18.5. The number of nitrogens with one attached hydrogen (secondary N) is 1. The van der Waals surface area contributed by atoms with Crippen LogP contribution in [0, 0.1) is 6.92 Å². The highest BCUT2D eigenvalue weighted by molar-refractivity contribution is 5.83. The number of benzene rings is 1. The summed E-state index contributed by atoms with van der Waals surface area (Å²) in [5, 5.41) is 3.72. The van der Waals surface area contributed by atoms with Crippen molar-refractivity contribution in [3.63, 3.8) is 0 Å². The predicted octanol–water partition coefficient (Wildman–Crippen LogP) is 1.71. The Morgan fingerprint density at radius 1 is 1.19 bits per heavy atom. The molecule has 0 aliphatic carbocycles. The Morgan fingerprint density at radius 3 is 2.61 bits per heavy atom. The van der Waals surface area contributed by atoms with Gasteiger partial charge in [-0.3, -0.25) is 14.5 Å². The van der Waals surface area contributed by atoms with E-state index in [2.05, 4.69) is 10.2 Å². The number of hydrogen-bond acceptors (Lipinski definition) is 6. The minimum Gasteiger partial charge on any atom is -0.497 e. The minimum absolute atomic E-state index is 0.0173. The normalized spacial score (nSPS) is 14.6. The Labute approximate surface area is 182 Å². The molecule has 1 aromatic heterocycles. The first-order chi connectivity index (χ1) is 14.9. The first-order valence-electron chi connectivity index (χ1n) is 10.8. The third kappa shape index (κ3) is 5.64. The van der Waals surface area contributed by atoms with Crippen molar-refractivity contribution in [1.82, 2.24) is 15.1 Å². The molecule has 1 saturated heterocycles. The van der Waals surface area contributed by atoms with Crippen LogP contribution in [0.15, 0.2) is 27.4 Å². The lowest BCUT2D eigenvalue weighted by atomic mass is 10.0.